The molecule has 0 saturated carbocycles. The molecule has 0 radical (unpaired) electrons. The van der Waals surface area contributed by atoms with Crippen LogP contribution in [0.15, 0.2) is 34.8 Å². The van der Waals surface area contributed by atoms with Crippen LogP contribution in [-0.2, 0) is 9.53 Å². The Morgan fingerprint density at radius 1 is 1.31 bits per heavy atom. The zero-order valence-corrected chi connectivity index (χ0v) is 21.6. The number of carbonyl (C=O) groups excluding carboxylic acids is 1. The Hall–Kier alpha value is -1.87. The number of halogens is 2. The monoisotopic (exact) mass is 540 g/mol. The van der Waals surface area contributed by atoms with Gasteiger partial charge in [0.25, 0.3) is 5.91 Å². The molecule has 0 aliphatic carbocycles. The topological polar surface area (TPSA) is 60.0 Å². The number of anilines is 1. The van der Waals surface area contributed by atoms with Crippen molar-refractivity contribution in [2.75, 3.05) is 32.1 Å². The molecule has 1 amide bonds. The highest BCUT2D eigenvalue weighted by atomic mass is 79.9. The number of nitrogens with one attached hydrogen (secondary N) is 1. The van der Waals surface area contributed by atoms with Crippen LogP contribution < -0.4 is 14.8 Å². The van der Waals surface area contributed by atoms with Gasteiger partial charge >= 0.3 is 0 Å². The van der Waals surface area contributed by atoms with E-state index in [0.29, 0.717) is 31.7 Å². The Labute approximate surface area is 207 Å². The maximum Gasteiger partial charge on any atom is 0.262 e. The highest BCUT2D eigenvalue weighted by Crippen LogP contribution is 2.37. The molecule has 3 rings (SSSR count). The summed E-state index contributed by atoms with van der Waals surface area (Å²) in [4.78, 5) is 15.3. The van der Waals surface area contributed by atoms with Crippen LogP contribution in [0.4, 0.5) is 5.69 Å². The number of hydrogen-bond donors (Lipinski definition) is 1. The number of carbonyl (C=O) groups is 1. The van der Waals surface area contributed by atoms with Crippen LogP contribution >= 0.6 is 39.7 Å². The van der Waals surface area contributed by atoms with Crippen molar-refractivity contribution in [3.8, 4) is 11.5 Å². The molecule has 1 fully saturated rings. The molecule has 1 aliphatic heterocycles. The number of thiocarbonyl (C=S) groups is 1. The Balaban J connectivity index is 1.71. The SMILES string of the molecule is COc1cc(C(=S)N2C[C@@H](C)O[C@H](C)C2)cc(Br)c1OCC(=O)Nc1cccc(Cl)c1C. The van der Waals surface area contributed by atoms with Gasteiger partial charge in [0.1, 0.15) is 4.99 Å². The van der Waals surface area contributed by atoms with Gasteiger partial charge in [-0.25, -0.2) is 0 Å². The molecule has 1 saturated heterocycles. The van der Waals surface area contributed by atoms with E-state index in [1.54, 1.807) is 25.3 Å². The molecule has 1 aliphatic rings. The first kappa shape index (κ1) is 24.8. The van der Waals surface area contributed by atoms with E-state index in [2.05, 4.69) is 26.1 Å². The molecule has 2 atom stereocenters. The van der Waals surface area contributed by atoms with E-state index in [9.17, 15) is 4.79 Å². The van der Waals surface area contributed by atoms with Crippen molar-refractivity contribution in [1.29, 1.82) is 0 Å². The summed E-state index contributed by atoms with van der Waals surface area (Å²) < 4.78 is 17.8. The quantitative estimate of drug-likeness (QED) is 0.506. The minimum Gasteiger partial charge on any atom is -0.493 e. The van der Waals surface area contributed by atoms with Crippen LogP contribution in [-0.4, -0.2) is 54.8 Å². The van der Waals surface area contributed by atoms with Crippen molar-refractivity contribution in [2.24, 2.45) is 0 Å². The summed E-state index contributed by atoms with van der Waals surface area (Å²) in [6.45, 7) is 7.18. The van der Waals surface area contributed by atoms with Gasteiger partial charge in [0.2, 0.25) is 0 Å². The Bertz CT molecular complexity index is 1010. The molecule has 9 heteroatoms. The highest BCUT2D eigenvalue weighted by molar-refractivity contribution is 9.10. The smallest absolute Gasteiger partial charge is 0.262 e. The van der Waals surface area contributed by atoms with E-state index < -0.39 is 0 Å². The molecule has 2 aromatic rings. The zero-order chi connectivity index (χ0) is 23.4. The molecule has 2 aromatic carbocycles. The van der Waals surface area contributed by atoms with Crippen LogP contribution in [0.1, 0.15) is 25.0 Å². The lowest BCUT2D eigenvalue weighted by Gasteiger charge is -2.37. The number of methoxy groups -OCH3 is 1. The second kappa shape index (κ2) is 10.8. The minimum atomic E-state index is -0.305. The second-order valence-corrected chi connectivity index (χ2v) is 9.35. The third-order valence-electron chi connectivity index (χ3n) is 5.07. The number of amides is 1. The fourth-order valence-electron chi connectivity index (χ4n) is 3.58. The number of hydrogen-bond acceptors (Lipinski definition) is 5. The van der Waals surface area contributed by atoms with Gasteiger partial charge in [-0.3, -0.25) is 4.79 Å². The van der Waals surface area contributed by atoms with Crippen LogP contribution in [0.2, 0.25) is 5.02 Å². The van der Waals surface area contributed by atoms with Crippen molar-refractivity contribution in [1.82, 2.24) is 4.90 Å². The van der Waals surface area contributed by atoms with Gasteiger partial charge in [-0.1, -0.05) is 29.9 Å². The van der Waals surface area contributed by atoms with Crippen LogP contribution in [0, 0.1) is 6.92 Å². The standard InChI is InChI=1S/C23H26BrClN2O4S/c1-13-10-27(11-14(2)31-13)23(32)16-8-17(24)22(20(9-16)29-4)30-12-21(28)26-19-7-5-6-18(25)15(19)3/h5-9,13-14H,10-12H2,1-4H3,(H,26,28)/t13-,14-/m1/s1. The first-order valence-corrected chi connectivity index (χ1v) is 11.8. The van der Waals surface area contributed by atoms with Gasteiger partial charge in [-0.05, 0) is 66.5 Å². The number of nitrogens with zero attached hydrogens (tertiary/aromatic N) is 1. The largest absolute Gasteiger partial charge is 0.493 e. The second-order valence-electron chi connectivity index (χ2n) is 7.71. The fourth-order valence-corrected chi connectivity index (χ4v) is 4.57. The molecule has 6 nitrogen and oxygen atoms in total. The van der Waals surface area contributed by atoms with Gasteiger partial charge in [0.15, 0.2) is 18.1 Å². The molecule has 1 heterocycles. The van der Waals surface area contributed by atoms with E-state index >= 15 is 0 Å². The molecule has 0 spiro atoms. The molecule has 0 bridgehead atoms. The summed E-state index contributed by atoms with van der Waals surface area (Å²) in [7, 11) is 1.55. The van der Waals surface area contributed by atoms with E-state index in [1.807, 2.05) is 32.9 Å². The summed E-state index contributed by atoms with van der Waals surface area (Å²) in [6.07, 6.45) is 0.206. The summed E-state index contributed by atoms with van der Waals surface area (Å²) in [5, 5.41) is 3.40. The summed E-state index contributed by atoms with van der Waals surface area (Å²) in [6, 6.07) is 9.05. The average Bonchev–Trinajstić information content (AvgIpc) is 2.74. The van der Waals surface area contributed by atoms with Crippen molar-refractivity contribution in [2.45, 2.75) is 33.0 Å². The summed E-state index contributed by atoms with van der Waals surface area (Å²) in [5.41, 5.74) is 2.27. The minimum absolute atomic E-state index is 0.103. The predicted octanol–water partition coefficient (Wildman–Crippen LogP) is 5.22. The maximum atomic E-state index is 12.4. The van der Waals surface area contributed by atoms with Crippen molar-refractivity contribution >= 4 is 56.3 Å². The van der Waals surface area contributed by atoms with E-state index in [-0.39, 0.29) is 24.7 Å². The van der Waals surface area contributed by atoms with Gasteiger partial charge in [-0.15, -0.1) is 0 Å². The van der Waals surface area contributed by atoms with Gasteiger partial charge in [0, 0.05) is 29.4 Å². The molecule has 172 valence electrons. The normalized spacial score (nSPS) is 18.2. The summed E-state index contributed by atoms with van der Waals surface area (Å²) >= 11 is 15.4. The molecular formula is C23H26BrClN2O4S. The zero-order valence-electron chi connectivity index (χ0n) is 18.4. The third-order valence-corrected chi connectivity index (χ3v) is 6.56. The Kier molecular flexibility index (Phi) is 8.38. The lowest BCUT2D eigenvalue weighted by molar-refractivity contribution is -0.118. The lowest BCUT2D eigenvalue weighted by Crippen LogP contribution is -2.47. The Morgan fingerprint density at radius 3 is 2.66 bits per heavy atom. The van der Waals surface area contributed by atoms with Crippen LogP contribution in [0.3, 0.4) is 0 Å². The molecule has 0 aromatic heterocycles. The van der Waals surface area contributed by atoms with Gasteiger partial charge in [-0.2, -0.15) is 0 Å². The van der Waals surface area contributed by atoms with Gasteiger partial charge in [0.05, 0.1) is 23.8 Å². The number of morpholine rings is 1. The molecule has 1 N–H and O–H groups in total. The number of rotatable bonds is 6. The predicted molar refractivity (Wildman–Crippen MR) is 134 cm³/mol. The average molecular weight is 542 g/mol. The highest BCUT2D eigenvalue weighted by Gasteiger charge is 2.26. The van der Waals surface area contributed by atoms with Crippen molar-refractivity contribution < 1.29 is 19.0 Å². The number of benzene rings is 2. The van der Waals surface area contributed by atoms with Gasteiger partial charge < -0.3 is 24.4 Å². The van der Waals surface area contributed by atoms with E-state index in [4.69, 9.17) is 38.0 Å². The maximum absolute atomic E-state index is 12.4. The number of ether oxygens (including phenoxy) is 3. The van der Waals surface area contributed by atoms with Crippen LogP contribution in [0.5, 0.6) is 11.5 Å². The summed E-state index contributed by atoms with van der Waals surface area (Å²) in [5.74, 6) is 0.610. The van der Waals surface area contributed by atoms with Crippen molar-refractivity contribution in [3.05, 3.63) is 51.0 Å². The van der Waals surface area contributed by atoms with Crippen molar-refractivity contribution in [3.63, 3.8) is 0 Å². The first-order valence-electron chi connectivity index (χ1n) is 10.2. The first-order chi connectivity index (χ1) is 15.2. The fraction of sp³-hybridized carbons (Fsp3) is 0.391. The molecule has 32 heavy (non-hydrogen) atoms. The lowest BCUT2D eigenvalue weighted by atomic mass is 10.1. The van der Waals surface area contributed by atoms with Crippen LogP contribution in [0.25, 0.3) is 0 Å². The third kappa shape index (κ3) is 5.92. The van der Waals surface area contributed by atoms with E-state index in [1.165, 1.54) is 0 Å². The molecular weight excluding hydrogens is 516 g/mol. The van der Waals surface area contributed by atoms with E-state index in [0.717, 1.165) is 24.2 Å². The Morgan fingerprint density at radius 2 is 2.00 bits per heavy atom. The molecule has 0 unspecified atom stereocenters.